The average molecular weight is 145 g/mol. The summed E-state index contributed by atoms with van der Waals surface area (Å²) in [5.41, 5.74) is 4.78. The van der Waals surface area contributed by atoms with Gasteiger partial charge in [-0.15, -0.1) is 0 Å². The van der Waals surface area contributed by atoms with Gasteiger partial charge in [-0.05, 0) is 0 Å². The third-order valence-corrected chi connectivity index (χ3v) is 1.13. The van der Waals surface area contributed by atoms with E-state index < -0.39 is 10.1 Å². The molecule has 0 unspecified atom stereocenters. The van der Waals surface area contributed by atoms with Crippen LogP contribution in [0.15, 0.2) is 0 Å². The first-order valence-corrected chi connectivity index (χ1v) is 3.32. The van der Waals surface area contributed by atoms with Crippen molar-refractivity contribution in [2.24, 2.45) is 5.73 Å². The fraction of sp³-hybridized carbons (Fsp3) is 1.00. The zero-order valence-electron chi connectivity index (χ0n) is 4.07. The highest BCUT2D eigenvalue weighted by atomic mass is 32.2. The second-order valence-electron chi connectivity index (χ2n) is 1.07. The van der Waals surface area contributed by atoms with Crippen molar-refractivity contribution in [3.05, 3.63) is 0 Å². The maximum Gasteiger partial charge on any atom is 0.266 e. The van der Waals surface area contributed by atoms with Crippen molar-refractivity contribution in [2.75, 3.05) is 12.3 Å². The van der Waals surface area contributed by atoms with Gasteiger partial charge in [-0.2, -0.15) is 8.42 Å². The van der Waals surface area contributed by atoms with Gasteiger partial charge in [-0.1, -0.05) is 0 Å². The van der Waals surface area contributed by atoms with Gasteiger partial charge in [0.2, 0.25) is 0 Å². The molecule has 6 heteroatoms. The van der Waals surface area contributed by atoms with Gasteiger partial charge in [0.25, 0.3) is 10.1 Å². The lowest BCUT2D eigenvalue weighted by atomic mass is 10.8. The lowest BCUT2D eigenvalue weighted by Gasteiger charge is -1.86. The molecule has 0 radical (unpaired) electrons. The lowest BCUT2D eigenvalue weighted by molar-refractivity contribution is 0.483. The Morgan fingerprint density at radius 2 is 1.88 bits per heavy atom. The van der Waals surface area contributed by atoms with Gasteiger partial charge in [0.15, 0.2) is 0 Å². The maximum absolute atomic E-state index is 9.71. The molecule has 3 N–H and O–H groups in total. The van der Waals surface area contributed by atoms with E-state index in [1.165, 1.54) is 0 Å². The quantitative estimate of drug-likeness (QED) is 0.487. The highest BCUT2D eigenvalue weighted by Crippen LogP contribution is 1.74. The van der Waals surface area contributed by atoms with Crippen molar-refractivity contribution < 1.29 is 17.7 Å². The second kappa shape index (κ2) is 3.76. The van der Waals surface area contributed by atoms with Crippen LogP contribution in [-0.2, 0) is 10.1 Å². The van der Waals surface area contributed by atoms with Crippen molar-refractivity contribution in [1.29, 1.82) is 0 Å². The van der Waals surface area contributed by atoms with Crippen molar-refractivity contribution in [1.82, 2.24) is 0 Å². The zero-order valence-corrected chi connectivity index (χ0v) is 4.89. The van der Waals surface area contributed by atoms with Gasteiger partial charge in [0.1, 0.15) is 0 Å². The van der Waals surface area contributed by atoms with Gasteiger partial charge in [-0.25, -0.2) is 0 Å². The number of nitrogens with two attached hydrogens (primary N) is 1. The van der Waals surface area contributed by atoms with Gasteiger partial charge in [0, 0.05) is 6.54 Å². The summed E-state index contributed by atoms with van der Waals surface area (Å²) >= 11 is 0. The van der Waals surface area contributed by atoms with Crippen LogP contribution in [0.3, 0.4) is 0 Å². The smallest absolute Gasteiger partial charge is 0.266 e. The molecule has 0 aromatic carbocycles. The fourth-order valence-corrected chi connectivity index (χ4v) is 0.447. The SMILES string of the molecule is F.NCCS(=O)(=O)O. The number of rotatable bonds is 2. The van der Waals surface area contributed by atoms with E-state index in [-0.39, 0.29) is 17.0 Å². The summed E-state index contributed by atoms with van der Waals surface area (Å²) in [5, 5.41) is 0. The summed E-state index contributed by atoms with van der Waals surface area (Å²) in [6.45, 7) is -0.0289. The molecular formula is C2H8FNO3S. The predicted molar refractivity (Wildman–Crippen MR) is 28.0 cm³/mol. The largest absolute Gasteiger partial charge is 0.329 e. The Hall–Kier alpha value is -0.200. The van der Waals surface area contributed by atoms with E-state index in [1.807, 2.05) is 0 Å². The Kier molecular flexibility index (Phi) is 5.04. The molecule has 52 valence electrons. The first-order valence-electron chi connectivity index (χ1n) is 1.71. The van der Waals surface area contributed by atoms with Crippen LogP contribution < -0.4 is 5.73 Å². The molecule has 8 heavy (non-hydrogen) atoms. The molecule has 0 fully saturated rings. The van der Waals surface area contributed by atoms with E-state index in [0.29, 0.717) is 0 Å². The van der Waals surface area contributed by atoms with Crippen molar-refractivity contribution in [3.8, 4) is 0 Å². The molecule has 0 aliphatic heterocycles. The minimum atomic E-state index is -3.80. The van der Waals surface area contributed by atoms with E-state index in [4.69, 9.17) is 10.3 Å². The lowest BCUT2D eigenvalue weighted by Crippen LogP contribution is -2.13. The van der Waals surface area contributed by atoms with E-state index in [1.54, 1.807) is 0 Å². The maximum atomic E-state index is 9.71. The molecule has 0 atom stereocenters. The van der Waals surface area contributed by atoms with E-state index in [2.05, 4.69) is 0 Å². The van der Waals surface area contributed by atoms with E-state index in [9.17, 15) is 8.42 Å². The van der Waals surface area contributed by atoms with Crippen LogP contribution in [0, 0.1) is 0 Å². The average Bonchev–Trinajstić information content (AvgIpc) is 1.30. The molecule has 0 amide bonds. The summed E-state index contributed by atoms with van der Waals surface area (Å²) in [6, 6.07) is 0. The molecule has 0 aliphatic carbocycles. The summed E-state index contributed by atoms with van der Waals surface area (Å²) in [7, 11) is -3.80. The minimum Gasteiger partial charge on any atom is -0.329 e. The zero-order chi connectivity index (χ0) is 5.91. The topological polar surface area (TPSA) is 80.4 Å². The highest BCUT2D eigenvalue weighted by molar-refractivity contribution is 7.85. The normalized spacial score (nSPS) is 10.2. The molecule has 0 aliphatic rings. The van der Waals surface area contributed by atoms with Crippen LogP contribution in [0.1, 0.15) is 0 Å². The summed E-state index contributed by atoms with van der Waals surface area (Å²) in [4.78, 5) is 0. The molecule has 0 bridgehead atoms. The van der Waals surface area contributed by atoms with Crippen molar-refractivity contribution in [3.63, 3.8) is 0 Å². The molecule has 0 rings (SSSR count). The van der Waals surface area contributed by atoms with Crippen LogP contribution in [0.5, 0.6) is 0 Å². The Bertz CT molecular complexity index is 130. The molecule has 4 nitrogen and oxygen atoms in total. The minimum absolute atomic E-state index is 0. The van der Waals surface area contributed by atoms with Crippen molar-refractivity contribution >= 4 is 10.1 Å². The second-order valence-corrected chi connectivity index (χ2v) is 2.65. The standard InChI is InChI=1S/C2H7NO3S.FH/c3-1-2-7(4,5)6;/h1-3H2,(H,4,5,6);1H. The molecule has 0 aromatic rings. The van der Waals surface area contributed by atoms with Gasteiger partial charge in [-0.3, -0.25) is 9.26 Å². The Labute approximate surface area is 46.8 Å². The van der Waals surface area contributed by atoms with E-state index in [0.717, 1.165) is 0 Å². The van der Waals surface area contributed by atoms with Crippen LogP contribution >= 0.6 is 0 Å². The van der Waals surface area contributed by atoms with Crippen molar-refractivity contribution in [2.45, 2.75) is 0 Å². The molecular weight excluding hydrogens is 137 g/mol. The number of hydrogen-bond acceptors (Lipinski definition) is 3. The molecule has 0 aromatic heterocycles. The summed E-state index contributed by atoms with van der Waals surface area (Å²) < 4.78 is 27.3. The first kappa shape index (κ1) is 10.7. The molecule has 0 spiro atoms. The molecule has 0 heterocycles. The predicted octanol–water partition coefficient (Wildman–Crippen LogP) is -1.01. The number of halogens is 1. The summed E-state index contributed by atoms with van der Waals surface area (Å²) in [5.74, 6) is -0.354. The Morgan fingerprint density at radius 3 is 1.88 bits per heavy atom. The van der Waals surface area contributed by atoms with Gasteiger partial charge >= 0.3 is 0 Å². The Balaban J connectivity index is 0. The van der Waals surface area contributed by atoms with Crippen LogP contribution in [0.2, 0.25) is 0 Å². The first-order chi connectivity index (χ1) is 3.06. The number of hydrogen-bond donors (Lipinski definition) is 2. The molecule has 0 saturated heterocycles. The molecule has 0 saturated carbocycles. The Morgan fingerprint density at radius 1 is 1.50 bits per heavy atom. The van der Waals surface area contributed by atoms with E-state index >= 15 is 0 Å². The van der Waals surface area contributed by atoms with Crippen LogP contribution in [0.25, 0.3) is 0 Å². The van der Waals surface area contributed by atoms with Crippen LogP contribution in [-0.4, -0.2) is 25.3 Å². The highest BCUT2D eigenvalue weighted by Gasteiger charge is 1.98. The monoisotopic (exact) mass is 145 g/mol. The van der Waals surface area contributed by atoms with Gasteiger partial charge < -0.3 is 5.73 Å². The fourth-order valence-electron chi connectivity index (χ4n) is 0.149. The third kappa shape index (κ3) is 9.25. The van der Waals surface area contributed by atoms with Crippen LogP contribution in [0.4, 0.5) is 4.70 Å². The van der Waals surface area contributed by atoms with Gasteiger partial charge in [0.05, 0.1) is 5.75 Å². The summed E-state index contributed by atoms with van der Waals surface area (Å²) in [6.07, 6.45) is 0. The third-order valence-electron chi connectivity index (χ3n) is 0.376.